The molecule has 1 aliphatic rings. The molecule has 1 fully saturated rings. The third-order valence-corrected chi connectivity index (χ3v) is 7.62. The van der Waals surface area contributed by atoms with Gasteiger partial charge in [0, 0.05) is 19.0 Å². The van der Waals surface area contributed by atoms with Gasteiger partial charge in [0.25, 0.3) is 0 Å². The van der Waals surface area contributed by atoms with Crippen molar-refractivity contribution in [3.63, 3.8) is 0 Å². The van der Waals surface area contributed by atoms with Crippen molar-refractivity contribution in [1.29, 1.82) is 0 Å². The molecule has 1 aliphatic heterocycles. The van der Waals surface area contributed by atoms with Gasteiger partial charge in [0.15, 0.2) is 0 Å². The van der Waals surface area contributed by atoms with E-state index in [-0.39, 0.29) is 34.5 Å². The standard InChI is InChI=1S/C25H39N3O6S/c1-16(2)14-21(27-35(33,34)20-8-6-18(5)7-9-20)24(30)28-12-10-19(11-13-28)23(29)26-22(25(31)32)15-17(3)4/h6-9,16-17,19,21-22,27H,10-15H2,1-5H3,(H,26,29)(H,31,32). The van der Waals surface area contributed by atoms with Crippen LogP contribution in [0.2, 0.25) is 0 Å². The molecule has 9 nitrogen and oxygen atoms in total. The topological polar surface area (TPSA) is 133 Å². The maximum Gasteiger partial charge on any atom is 0.326 e. The van der Waals surface area contributed by atoms with Crippen LogP contribution in [0.25, 0.3) is 0 Å². The summed E-state index contributed by atoms with van der Waals surface area (Å²) in [6.07, 6.45) is 1.48. The first-order chi connectivity index (χ1) is 16.3. The number of hydrogen-bond donors (Lipinski definition) is 3. The van der Waals surface area contributed by atoms with Crippen LogP contribution in [0.4, 0.5) is 0 Å². The number of carbonyl (C=O) groups is 3. The molecule has 10 heteroatoms. The lowest BCUT2D eigenvalue weighted by molar-refractivity contribution is -0.143. The molecule has 2 unspecified atom stereocenters. The van der Waals surface area contributed by atoms with Crippen LogP contribution < -0.4 is 10.0 Å². The lowest BCUT2D eigenvalue weighted by atomic mass is 9.94. The van der Waals surface area contributed by atoms with Gasteiger partial charge in [0.1, 0.15) is 12.1 Å². The monoisotopic (exact) mass is 509 g/mol. The number of nitrogens with zero attached hydrogens (tertiary/aromatic N) is 1. The smallest absolute Gasteiger partial charge is 0.326 e. The summed E-state index contributed by atoms with van der Waals surface area (Å²) < 4.78 is 28.4. The van der Waals surface area contributed by atoms with E-state index in [9.17, 15) is 27.9 Å². The highest BCUT2D eigenvalue weighted by Crippen LogP contribution is 2.21. The Hall–Kier alpha value is -2.46. The first kappa shape index (κ1) is 28.8. The molecule has 2 amide bonds. The summed E-state index contributed by atoms with van der Waals surface area (Å²) in [6.45, 7) is 10.1. The third-order valence-electron chi connectivity index (χ3n) is 6.13. The number of benzene rings is 1. The SMILES string of the molecule is Cc1ccc(S(=O)(=O)NC(CC(C)C)C(=O)N2CCC(C(=O)NC(CC(C)C)C(=O)O)CC2)cc1. The van der Waals surface area contributed by atoms with E-state index in [4.69, 9.17) is 0 Å². The lowest BCUT2D eigenvalue weighted by Gasteiger charge is -2.34. The number of amides is 2. The molecule has 2 rings (SSSR count). The van der Waals surface area contributed by atoms with Gasteiger partial charge in [-0.25, -0.2) is 13.2 Å². The Morgan fingerprint density at radius 1 is 0.971 bits per heavy atom. The molecule has 0 aromatic heterocycles. The zero-order valence-corrected chi connectivity index (χ0v) is 22.1. The van der Waals surface area contributed by atoms with Crippen LogP contribution in [-0.2, 0) is 24.4 Å². The molecule has 1 saturated heterocycles. The molecule has 1 aromatic rings. The lowest BCUT2D eigenvalue weighted by Crippen LogP contribution is -2.52. The third kappa shape index (κ3) is 8.61. The molecular formula is C25H39N3O6S. The summed E-state index contributed by atoms with van der Waals surface area (Å²) >= 11 is 0. The van der Waals surface area contributed by atoms with Gasteiger partial charge in [-0.3, -0.25) is 9.59 Å². The highest BCUT2D eigenvalue weighted by Gasteiger charge is 2.34. The predicted octanol–water partition coefficient (Wildman–Crippen LogP) is 2.54. The molecule has 0 saturated carbocycles. The van der Waals surface area contributed by atoms with Crippen molar-refractivity contribution < 1.29 is 27.9 Å². The highest BCUT2D eigenvalue weighted by atomic mass is 32.2. The minimum Gasteiger partial charge on any atom is -0.480 e. The fourth-order valence-electron chi connectivity index (χ4n) is 4.21. The molecule has 0 bridgehead atoms. The fourth-order valence-corrected chi connectivity index (χ4v) is 5.41. The zero-order chi connectivity index (χ0) is 26.3. The van der Waals surface area contributed by atoms with Crippen molar-refractivity contribution >= 4 is 27.8 Å². The first-order valence-electron chi connectivity index (χ1n) is 12.2. The number of carboxylic acid groups (broad SMARTS) is 1. The summed E-state index contributed by atoms with van der Waals surface area (Å²) in [5, 5.41) is 12.0. The number of rotatable bonds is 11. The molecule has 2 atom stereocenters. The zero-order valence-electron chi connectivity index (χ0n) is 21.3. The van der Waals surface area contributed by atoms with Gasteiger partial charge >= 0.3 is 5.97 Å². The maximum absolute atomic E-state index is 13.3. The Bertz CT molecular complexity index is 983. The predicted molar refractivity (Wildman–Crippen MR) is 133 cm³/mol. The molecule has 1 aromatic carbocycles. The van der Waals surface area contributed by atoms with Gasteiger partial charge in [0.2, 0.25) is 21.8 Å². The van der Waals surface area contributed by atoms with Crippen molar-refractivity contribution in [1.82, 2.24) is 14.9 Å². The van der Waals surface area contributed by atoms with Gasteiger partial charge < -0.3 is 15.3 Å². The number of piperidine rings is 1. The van der Waals surface area contributed by atoms with Crippen molar-refractivity contribution in [2.75, 3.05) is 13.1 Å². The van der Waals surface area contributed by atoms with Crippen LogP contribution in [0.5, 0.6) is 0 Å². The van der Waals surface area contributed by atoms with Gasteiger partial charge in [-0.2, -0.15) is 4.72 Å². The van der Waals surface area contributed by atoms with E-state index in [1.54, 1.807) is 17.0 Å². The Kier molecular flexibility index (Phi) is 10.3. The second-order valence-electron chi connectivity index (χ2n) is 10.2. The van der Waals surface area contributed by atoms with Crippen LogP contribution >= 0.6 is 0 Å². The quantitative estimate of drug-likeness (QED) is 0.420. The number of nitrogens with one attached hydrogen (secondary N) is 2. The number of carbonyl (C=O) groups excluding carboxylic acids is 2. The van der Waals surface area contributed by atoms with E-state index in [1.807, 2.05) is 34.6 Å². The number of carboxylic acids is 1. The van der Waals surface area contributed by atoms with Crippen LogP contribution in [0.15, 0.2) is 29.2 Å². The van der Waals surface area contributed by atoms with Crippen molar-refractivity contribution in [2.45, 2.75) is 77.3 Å². The average Bonchev–Trinajstić information content (AvgIpc) is 2.77. The molecule has 0 radical (unpaired) electrons. The van der Waals surface area contributed by atoms with Gasteiger partial charge in [-0.1, -0.05) is 45.4 Å². The molecule has 35 heavy (non-hydrogen) atoms. The summed E-state index contributed by atoms with van der Waals surface area (Å²) in [5.41, 5.74) is 0.935. The maximum atomic E-state index is 13.3. The first-order valence-corrected chi connectivity index (χ1v) is 13.7. The molecule has 0 aliphatic carbocycles. The normalized spacial score (nSPS) is 16.8. The molecular weight excluding hydrogens is 470 g/mol. The Morgan fingerprint density at radius 2 is 1.49 bits per heavy atom. The van der Waals surface area contributed by atoms with Crippen LogP contribution in [-0.4, -0.2) is 61.4 Å². The minimum atomic E-state index is -3.88. The summed E-state index contributed by atoms with van der Waals surface area (Å²) in [4.78, 5) is 39.1. The van der Waals surface area contributed by atoms with E-state index in [0.717, 1.165) is 5.56 Å². The van der Waals surface area contributed by atoms with E-state index >= 15 is 0 Å². The molecule has 196 valence electrons. The highest BCUT2D eigenvalue weighted by molar-refractivity contribution is 7.89. The Labute approximate surface area is 208 Å². The number of sulfonamides is 1. The van der Waals surface area contributed by atoms with Crippen LogP contribution in [0.3, 0.4) is 0 Å². The van der Waals surface area contributed by atoms with E-state index < -0.39 is 28.1 Å². The van der Waals surface area contributed by atoms with Crippen molar-refractivity contribution in [2.24, 2.45) is 17.8 Å². The van der Waals surface area contributed by atoms with E-state index in [0.29, 0.717) is 38.8 Å². The van der Waals surface area contributed by atoms with Crippen molar-refractivity contribution in [3.05, 3.63) is 29.8 Å². The van der Waals surface area contributed by atoms with Crippen LogP contribution in [0, 0.1) is 24.7 Å². The van der Waals surface area contributed by atoms with Crippen molar-refractivity contribution in [3.8, 4) is 0 Å². The summed E-state index contributed by atoms with van der Waals surface area (Å²) in [7, 11) is -3.88. The Morgan fingerprint density at radius 3 is 1.97 bits per heavy atom. The molecule has 0 spiro atoms. The average molecular weight is 510 g/mol. The summed E-state index contributed by atoms with van der Waals surface area (Å²) in [6, 6.07) is 4.60. The number of hydrogen-bond acceptors (Lipinski definition) is 5. The fraction of sp³-hybridized carbons (Fsp3) is 0.640. The van der Waals surface area contributed by atoms with Crippen LogP contribution in [0.1, 0.15) is 58.9 Å². The van der Waals surface area contributed by atoms with E-state index in [1.165, 1.54) is 12.1 Å². The number of aliphatic carboxylic acids is 1. The molecule has 1 heterocycles. The number of likely N-dealkylation sites (tertiary alicyclic amines) is 1. The second-order valence-corrected chi connectivity index (χ2v) is 12.0. The second kappa shape index (κ2) is 12.5. The van der Waals surface area contributed by atoms with Gasteiger partial charge in [0.05, 0.1) is 4.90 Å². The number of aryl methyl sites for hydroxylation is 1. The Balaban J connectivity index is 2.03. The van der Waals surface area contributed by atoms with Gasteiger partial charge in [-0.05, 0) is 56.6 Å². The molecule has 3 N–H and O–H groups in total. The van der Waals surface area contributed by atoms with Gasteiger partial charge in [-0.15, -0.1) is 0 Å². The summed E-state index contributed by atoms with van der Waals surface area (Å²) in [5.74, 6) is -1.86. The largest absolute Gasteiger partial charge is 0.480 e. The van der Waals surface area contributed by atoms with E-state index in [2.05, 4.69) is 10.0 Å². The minimum absolute atomic E-state index is 0.0851.